The van der Waals surface area contributed by atoms with Gasteiger partial charge in [-0.1, -0.05) is 0 Å². The van der Waals surface area contributed by atoms with E-state index in [0.29, 0.717) is 0 Å². The molecular weight excluding hydrogens is 247 g/mol. The van der Waals surface area contributed by atoms with Crippen LogP contribution in [0.5, 0.6) is 0 Å². The molecule has 3 heteroatoms. The van der Waals surface area contributed by atoms with Gasteiger partial charge in [0.2, 0.25) is 0 Å². The normalized spacial score (nSPS) is 12.4. The van der Waals surface area contributed by atoms with Crippen LogP contribution >= 0.6 is 0 Å². The molecule has 0 N–H and O–H groups in total. The fraction of sp³-hybridized carbons (Fsp3) is 1.00. The maximum absolute atomic E-state index is 6.23. The van der Waals surface area contributed by atoms with Crippen LogP contribution in [0.1, 0.15) is 33.6 Å². The molecule has 15 heavy (non-hydrogen) atoms. The Labute approximate surface area is 99.1 Å². The number of nitrogens with zero attached hydrogens (tertiary/aromatic N) is 1. The van der Waals surface area contributed by atoms with E-state index >= 15 is 0 Å². The first-order valence-corrected chi connectivity index (χ1v) is 11.7. The number of rotatable bonds is 9. The van der Waals surface area contributed by atoms with Crippen molar-refractivity contribution in [3.05, 3.63) is 0 Å². The molecule has 0 atom stereocenters. The van der Waals surface area contributed by atoms with E-state index in [4.69, 9.17) is 3.76 Å². The van der Waals surface area contributed by atoms with E-state index < -0.39 is 13.6 Å². The van der Waals surface area contributed by atoms with Gasteiger partial charge < -0.3 is 0 Å². The average molecular weight is 276 g/mol. The molecule has 0 aromatic heterocycles. The van der Waals surface area contributed by atoms with Crippen molar-refractivity contribution in [3.63, 3.8) is 0 Å². The van der Waals surface area contributed by atoms with Crippen LogP contribution in [-0.2, 0) is 3.76 Å². The van der Waals surface area contributed by atoms with E-state index in [9.17, 15) is 0 Å². The molecule has 0 spiro atoms. The van der Waals surface area contributed by atoms with Gasteiger partial charge in [-0.25, -0.2) is 0 Å². The monoisotopic (exact) mass is 277 g/mol. The van der Waals surface area contributed by atoms with Gasteiger partial charge in [0.05, 0.1) is 0 Å². The van der Waals surface area contributed by atoms with Gasteiger partial charge in [0.25, 0.3) is 0 Å². The third kappa shape index (κ3) is 6.59. The van der Waals surface area contributed by atoms with E-state index in [1.54, 1.807) is 0 Å². The van der Waals surface area contributed by atoms with Crippen LogP contribution in [0.15, 0.2) is 0 Å². The van der Waals surface area contributed by atoms with Crippen LogP contribution < -0.4 is 0 Å². The van der Waals surface area contributed by atoms with Crippen LogP contribution in [0.25, 0.3) is 0 Å². The second-order valence-corrected chi connectivity index (χ2v) is 14.6. The molecule has 0 fully saturated rings. The Morgan fingerprint density at radius 3 is 1.87 bits per heavy atom. The molecule has 0 aromatic rings. The van der Waals surface area contributed by atoms with Gasteiger partial charge in [-0.3, -0.25) is 0 Å². The predicted molar refractivity (Wildman–Crippen MR) is 70.9 cm³/mol. The minimum atomic E-state index is -1.82. The van der Waals surface area contributed by atoms with E-state index in [1.165, 1.54) is 35.1 Å². The van der Waals surface area contributed by atoms with Gasteiger partial charge in [0.15, 0.2) is 0 Å². The van der Waals surface area contributed by atoms with Crippen molar-refractivity contribution < 1.29 is 3.76 Å². The Bertz CT molecular complexity index is 138. The molecule has 0 unspecified atom stereocenters. The molecule has 0 saturated heterocycles. The molecule has 92 valence electrons. The first kappa shape index (κ1) is 15.5. The van der Waals surface area contributed by atoms with Crippen molar-refractivity contribution in [2.75, 3.05) is 27.2 Å². The van der Waals surface area contributed by atoms with E-state index in [1.807, 2.05) is 0 Å². The average Bonchev–Trinajstić information content (AvgIpc) is 2.24. The van der Waals surface area contributed by atoms with E-state index in [-0.39, 0.29) is 0 Å². The third-order valence-corrected chi connectivity index (χ3v) is 13.2. The van der Waals surface area contributed by atoms with E-state index in [2.05, 4.69) is 39.8 Å². The molecule has 0 heterocycles. The van der Waals surface area contributed by atoms with Gasteiger partial charge in [0, 0.05) is 0 Å². The summed E-state index contributed by atoms with van der Waals surface area (Å²) in [6, 6.07) is 0. The molecule has 0 aliphatic carbocycles. The summed E-state index contributed by atoms with van der Waals surface area (Å²) >= 11 is -1.82. The summed E-state index contributed by atoms with van der Waals surface area (Å²) in [6.07, 6.45) is 2.49. The molecule has 0 radical (unpaired) electrons. The Kier molecular flexibility index (Phi) is 8.86. The molecular formula is C12H29GeNO. The van der Waals surface area contributed by atoms with Gasteiger partial charge in [-0.15, -0.1) is 0 Å². The molecule has 0 aromatic carbocycles. The number of hydrogen-bond donors (Lipinski definition) is 0. The van der Waals surface area contributed by atoms with Crippen molar-refractivity contribution in [2.45, 2.75) is 49.4 Å². The second kappa shape index (κ2) is 8.60. The van der Waals surface area contributed by atoms with Crippen molar-refractivity contribution >= 4 is 13.6 Å². The summed E-state index contributed by atoms with van der Waals surface area (Å²) in [6.45, 7) is 9.13. The van der Waals surface area contributed by atoms with Crippen LogP contribution in [0.3, 0.4) is 0 Å². The fourth-order valence-electron chi connectivity index (χ4n) is 1.87. The summed E-state index contributed by atoms with van der Waals surface area (Å²) in [5.41, 5.74) is 0. The predicted octanol–water partition coefficient (Wildman–Crippen LogP) is 3.35. The fourth-order valence-corrected chi connectivity index (χ4v) is 7.52. The Hall–Kier alpha value is 0.463. The van der Waals surface area contributed by atoms with Crippen molar-refractivity contribution in [1.29, 1.82) is 0 Å². The van der Waals surface area contributed by atoms with Gasteiger partial charge in [-0.2, -0.15) is 0 Å². The maximum atomic E-state index is 6.23. The quantitative estimate of drug-likeness (QED) is 0.473. The van der Waals surface area contributed by atoms with Crippen LogP contribution in [-0.4, -0.2) is 45.7 Å². The van der Waals surface area contributed by atoms with Gasteiger partial charge >= 0.3 is 98.9 Å². The van der Waals surface area contributed by atoms with Gasteiger partial charge in [0.1, 0.15) is 0 Å². The molecule has 0 aliphatic rings. The SMILES string of the molecule is C[CH2][Ge]([CH2]C)([CH2]C)[O]CCCCN(C)C. The Morgan fingerprint density at radius 1 is 0.933 bits per heavy atom. The zero-order chi connectivity index (χ0) is 11.7. The third-order valence-electron chi connectivity index (χ3n) is 3.34. The molecule has 0 bridgehead atoms. The zero-order valence-electron chi connectivity index (χ0n) is 11.3. The standard InChI is InChI=1S/C12H29GeNO/c1-6-13(7-2,8-3)15-12-10-9-11-14(4)5/h6-12H2,1-5H3. The second-order valence-electron chi connectivity index (χ2n) is 4.60. The molecule has 0 rings (SSSR count). The number of unbranched alkanes of at least 4 members (excludes halogenated alkanes) is 1. The van der Waals surface area contributed by atoms with Crippen molar-refractivity contribution in [3.8, 4) is 0 Å². The summed E-state index contributed by atoms with van der Waals surface area (Å²) in [7, 11) is 4.26. The van der Waals surface area contributed by atoms with E-state index in [0.717, 1.165) is 6.61 Å². The number of hydrogen-bond acceptors (Lipinski definition) is 2. The molecule has 0 aliphatic heterocycles. The summed E-state index contributed by atoms with van der Waals surface area (Å²) in [5, 5.41) is 3.96. The minimum absolute atomic E-state index is 1.00. The van der Waals surface area contributed by atoms with Gasteiger partial charge in [-0.05, 0) is 0 Å². The topological polar surface area (TPSA) is 12.5 Å². The first-order valence-electron chi connectivity index (χ1n) is 6.39. The molecule has 0 saturated carbocycles. The Morgan fingerprint density at radius 2 is 1.47 bits per heavy atom. The summed E-state index contributed by atoms with van der Waals surface area (Å²) in [5.74, 6) is 0. The van der Waals surface area contributed by atoms with Crippen LogP contribution in [0.4, 0.5) is 0 Å². The first-order chi connectivity index (χ1) is 7.10. The Balaban J connectivity index is 3.63. The van der Waals surface area contributed by atoms with Crippen molar-refractivity contribution in [2.24, 2.45) is 0 Å². The molecule has 2 nitrogen and oxygen atoms in total. The molecule has 0 amide bonds. The summed E-state index contributed by atoms with van der Waals surface area (Å²) < 4.78 is 6.23. The summed E-state index contributed by atoms with van der Waals surface area (Å²) in [4.78, 5) is 2.24. The zero-order valence-corrected chi connectivity index (χ0v) is 13.4. The van der Waals surface area contributed by atoms with Crippen molar-refractivity contribution in [1.82, 2.24) is 4.90 Å². The van der Waals surface area contributed by atoms with Crippen LogP contribution in [0.2, 0.25) is 15.8 Å². The van der Waals surface area contributed by atoms with Crippen LogP contribution in [0, 0.1) is 0 Å².